The summed E-state index contributed by atoms with van der Waals surface area (Å²) in [4.78, 5) is 15.3. The lowest BCUT2D eigenvalue weighted by Crippen LogP contribution is -2.23. The molecular formula is C12H15Cl2FN2O2S. The van der Waals surface area contributed by atoms with Crippen molar-refractivity contribution < 1.29 is 13.9 Å². The van der Waals surface area contributed by atoms with Crippen molar-refractivity contribution in [1.29, 1.82) is 0 Å². The smallest absolute Gasteiger partial charge is 0.238 e. The van der Waals surface area contributed by atoms with Gasteiger partial charge in [0.05, 0.1) is 5.69 Å². The van der Waals surface area contributed by atoms with Gasteiger partial charge in [0.25, 0.3) is 0 Å². The van der Waals surface area contributed by atoms with Gasteiger partial charge < -0.3 is 10.5 Å². The lowest BCUT2D eigenvalue weighted by atomic mass is 10.4. The van der Waals surface area contributed by atoms with Gasteiger partial charge in [-0.1, -0.05) is 48.8 Å². The molecule has 0 aliphatic carbocycles. The van der Waals surface area contributed by atoms with Gasteiger partial charge in [-0.3, -0.25) is 4.79 Å². The molecule has 0 saturated carbocycles. The Kier molecular flexibility index (Phi) is 6.36. The van der Waals surface area contributed by atoms with Crippen LogP contribution in [-0.4, -0.2) is 21.5 Å². The maximum absolute atomic E-state index is 13.4. The molecule has 4 nitrogen and oxygen atoms in total. The number of thioether (sulfide) groups is 1. The molecule has 0 aliphatic rings. The van der Waals surface area contributed by atoms with Crippen molar-refractivity contribution >= 4 is 45.8 Å². The third-order valence-electron chi connectivity index (χ3n) is 2.55. The molecule has 0 aliphatic heterocycles. The topological polar surface area (TPSA) is 65.2 Å². The van der Waals surface area contributed by atoms with E-state index >= 15 is 0 Å². The van der Waals surface area contributed by atoms with Crippen LogP contribution in [0.25, 0.3) is 0 Å². The van der Waals surface area contributed by atoms with Crippen molar-refractivity contribution in [3.8, 4) is 5.88 Å². The molecule has 1 unspecified atom stereocenters. The second kappa shape index (κ2) is 7.33. The molecule has 0 saturated heterocycles. The highest BCUT2D eigenvalue weighted by Gasteiger charge is 2.22. The Morgan fingerprint density at radius 3 is 2.60 bits per heavy atom. The summed E-state index contributed by atoms with van der Waals surface area (Å²) >= 11 is 12.6. The molecule has 8 heteroatoms. The molecule has 1 rings (SSSR count). The Morgan fingerprint density at radius 1 is 1.45 bits per heavy atom. The lowest BCUT2D eigenvalue weighted by molar-refractivity contribution is -0.116. The van der Waals surface area contributed by atoms with Gasteiger partial charge in [0, 0.05) is 5.25 Å². The fraction of sp³-hybridized carbons (Fsp3) is 0.500. The minimum Gasteiger partial charge on any atom is -0.464 e. The summed E-state index contributed by atoms with van der Waals surface area (Å²) < 4.78 is 18.7. The highest BCUT2D eigenvalue weighted by molar-refractivity contribution is 8.14. The molecule has 0 spiro atoms. The Labute approximate surface area is 131 Å². The number of pyridine rings is 1. The first-order valence-electron chi connectivity index (χ1n) is 5.95. The van der Waals surface area contributed by atoms with E-state index in [4.69, 9.17) is 33.7 Å². The summed E-state index contributed by atoms with van der Waals surface area (Å²) in [5, 5.41) is -0.491. The molecule has 20 heavy (non-hydrogen) atoms. The van der Waals surface area contributed by atoms with Gasteiger partial charge in [-0.25, -0.2) is 0 Å². The van der Waals surface area contributed by atoms with E-state index in [0.29, 0.717) is 0 Å². The van der Waals surface area contributed by atoms with Crippen LogP contribution in [0.3, 0.4) is 0 Å². The predicted octanol–water partition coefficient (Wildman–Crippen LogP) is 3.94. The van der Waals surface area contributed by atoms with Crippen molar-refractivity contribution in [2.24, 2.45) is 0 Å². The number of nitrogen functional groups attached to an aromatic ring is 1. The van der Waals surface area contributed by atoms with Crippen LogP contribution in [-0.2, 0) is 4.79 Å². The van der Waals surface area contributed by atoms with E-state index in [1.165, 1.54) is 0 Å². The zero-order valence-corrected chi connectivity index (χ0v) is 13.6. The SMILES string of the molecule is CCC(C)SC(=O)[C@@H](C)Oc1nc(F)c(Cl)c(N)c1Cl. The van der Waals surface area contributed by atoms with E-state index in [1.807, 2.05) is 13.8 Å². The van der Waals surface area contributed by atoms with E-state index in [2.05, 4.69) is 4.98 Å². The number of rotatable bonds is 5. The minimum atomic E-state index is -0.988. The second-order valence-electron chi connectivity index (χ2n) is 4.17. The Balaban J connectivity index is 2.86. The molecule has 1 aromatic heterocycles. The number of carbonyl (C=O) groups excluding carboxylic acids is 1. The number of nitrogens with zero attached hydrogens (tertiary/aromatic N) is 1. The average Bonchev–Trinajstić information content (AvgIpc) is 2.41. The summed E-state index contributed by atoms with van der Waals surface area (Å²) in [6.45, 7) is 5.45. The molecule has 0 amide bonds. The van der Waals surface area contributed by atoms with Crippen LogP contribution < -0.4 is 10.5 Å². The number of hydrogen-bond donors (Lipinski definition) is 1. The van der Waals surface area contributed by atoms with Crippen LogP contribution in [0.15, 0.2) is 0 Å². The van der Waals surface area contributed by atoms with Crippen molar-refractivity contribution in [2.45, 2.75) is 38.5 Å². The molecule has 0 aromatic carbocycles. The second-order valence-corrected chi connectivity index (χ2v) is 6.36. The summed E-state index contributed by atoms with van der Waals surface area (Å²) in [5.41, 5.74) is 5.36. The van der Waals surface area contributed by atoms with Crippen LogP contribution in [0.1, 0.15) is 27.2 Å². The Bertz CT molecular complexity index is 517. The summed E-state index contributed by atoms with van der Waals surface area (Å²) in [7, 11) is 0. The lowest BCUT2D eigenvalue weighted by Gasteiger charge is -2.16. The fourth-order valence-electron chi connectivity index (χ4n) is 1.18. The van der Waals surface area contributed by atoms with Crippen LogP contribution in [0, 0.1) is 5.95 Å². The van der Waals surface area contributed by atoms with Crippen molar-refractivity contribution in [3.63, 3.8) is 0 Å². The molecule has 1 aromatic rings. The van der Waals surface area contributed by atoms with Gasteiger partial charge in [0.1, 0.15) is 10.0 Å². The normalized spacial score (nSPS) is 13.9. The summed E-state index contributed by atoms with van der Waals surface area (Å²) in [6.07, 6.45) is 0.0314. The van der Waals surface area contributed by atoms with Gasteiger partial charge in [-0.2, -0.15) is 9.37 Å². The van der Waals surface area contributed by atoms with Gasteiger partial charge in [0.2, 0.25) is 16.9 Å². The first-order valence-corrected chi connectivity index (χ1v) is 7.58. The number of hydrogen-bond acceptors (Lipinski definition) is 5. The van der Waals surface area contributed by atoms with E-state index in [0.717, 1.165) is 18.2 Å². The molecule has 2 atom stereocenters. The van der Waals surface area contributed by atoms with Crippen LogP contribution in [0.4, 0.5) is 10.1 Å². The quantitative estimate of drug-likeness (QED) is 0.822. The molecule has 112 valence electrons. The largest absolute Gasteiger partial charge is 0.464 e. The fourth-order valence-corrected chi connectivity index (χ4v) is 2.35. The Hall–Kier alpha value is -0.720. The highest BCUT2D eigenvalue weighted by Crippen LogP contribution is 2.36. The van der Waals surface area contributed by atoms with E-state index in [1.54, 1.807) is 6.92 Å². The number of anilines is 1. The average molecular weight is 341 g/mol. The number of carbonyl (C=O) groups is 1. The van der Waals surface area contributed by atoms with Gasteiger partial charge >= 0.3 is 0 Å². The standard InChI is InChI=1S/C12H15Cl2FN2O2S/c1-4-5(2)20-12(18)6(3)19-11-8(14)9(16)7(13)10(15)17-11/h5-6H,4H2,1-3H3,(H2,16,17)/t5?,6-/m1/s1. The van der Waals surface area contributed by atoms with Gasteiger partial charge in [0.15, 0.2) is 6.10 Å². The molecule has 0 bridgehead atoms. The monoisotopic (exact) mass is 340 g/mol. The highest BCUT2D eigenvalue weighted by atomic mass is 35.5. The summed E-state index contributed by atoms with van der Waals surface area (Å²) in [6, 6.07) is 0. The predicted molar refractivity (Wildman–Crippen MR) is 81.1 cm³/mol. The molecule has 2 N–H and O–H groups in total. The Morgan fingerprint density at radius 2 is 2.05 bits per heavy atom. The van der Waals surface area contributed by atoms with Crippen molar-refractivity contribution in [1.82, 2.24) is 4.98 Å². The third-order valence-corrected chi connectivity index (χ3v) is 4.58. The van der Waals surface area contributed by atoms with E-state index in [-0.39, 0.29) is 32.0 Å². The number of aromatic nitrogens is 1. The first-order chi connectivity index (χ1) is 9.27. The third kappa shape index (κ3) is 4.14. The maximum Gasteiger partial charge on any atom is 0.238 e. The van der Waals surface area contributed by atoms with Crippen molar-refractivity contribution in [3.05, 3.63) is 16.0 Å². The number of halogens is 3. The van der Waals surface area contributed by atoms with Crippen LogP contribution >= 0.6 is 35.0 Å². The van der Waals surface area contributed by atoms with Crippen LogP contribution in [0.5, 0.6) is 5.88 Å². The maximum atomic E-state index is 13.4. The van der Waals surface area contributed by atoms with Crippen LogP contribution in [0.2, 0.25) is 10.0 Å². The number of ether oxygens (including phenoxy) is 1. The van der Waals surface area contributed by atoms with E-state index in [9.17, 15) is 9.18 Å². The molecule has 0 radical (unpaired) electrons. The number of nitrogens with two attached hydrogens (primary N) is 1. The zero-order chi connectivity index (χ0) is 15.4. The summed E-state index contributed by atoms with van der Waals surface area (Å²) in [5.74, 6) is -1.23. The molecule has 0 fully saturated rings. The van der Waals surface area contributed by atoms with E-state index < -0.39 is 12.1 Å². The van der Waals surface area contributed by atoms with Crippen molar-refractivity contribution in [2.75, 3.05) is 5.73 Å². The van der Waals surface area contributed by atoms with Gasteiger partial charge in [-0.05, 0) is 13.3 Å². The molecule has 1 heterocycles. The first kappa shape index (κ1) is 17.3. The molecular weight excluding hydrogens is 326 g/mol. The zero-order valence-electron chi connectivity index (χ0n) is 11.2. The van der Waals surface area contributed by atoms with Gasteiger partial charge in [-0.15, -0.1) is 0 Å². The minimum absolute atomic E-state index is 0.107.